The van der Waals surface area contributed by atoms with Crippen molar-refractivity contribution in [1.29, 1.82) is 0 Å². The lowest BCUT2D eigenvalue weighted by molar-refractivity contribution is -0.917. The van der Waals surface area contributed by atoms with Gasteiger partial charge in [-0.25, -0.2) is 9.59 Å². The van der Waals surface area contributed by atoms with Crippen LogP contribution in [0.4, 0.5) is 0 Å². The number of hydrogen-bond acceptors (Lipinski definition) is 3. The summed E-state index contributed by atoms with van der Waals surface area (Å²) in [5.74, 6) is -2.11. The fourth-order valence-corrected chi connectivity index (χ4v) is 0.962. The summed E-state index contributed by atoms with van der Waals surface area (Å²) in [6.07, 6.45) is -0.521. The molecule has 76 valence electrons. The van der Waals surface area contributed by atoms with E-state index in [1.165, 1.54) is 7.05 Å². The van der Waals surface area contributed by atoms with Crippen LogP contribution in [0.1, 0.15) is 6.92 Å². The van der Waals surface area contributed by atoms with E-state index in [0.29, 0.717) is 0 Å². The number of quaternary nitrogens is 1. The van der Waals surface area contributed by atoms with Crippen molar-refractivity contribution in [3.8, 4) is 0 Å². The van der Waals surface area contributed by atoms with Crippen molar-refractivity contribution in [3.63, 3.8) is 0 Å². The van der Waals surface area contributed by atoms with Crippen LogP contribution in [0.3, 0.4) is 0 Å². The normalized spacial score (nSPS) is 13.8. The van der Waals surface area contributed by atoms with Crippen LogP contribution in [-0.2, 0) is 9.59 Å². The third kappa shape index (κ3) is 3.86. The lowest BCUT2D eigenvalue weighted by atomic mass is 10.3. The largest absolute Gasteiger partial charge is 0.477 e. The van der Waals surface area contributed by atoms with E-state index in [1.807, 2.05) is 0 Å². The molecule has 1 atom stereocenters. The predicted octanol–water partition coefficient (Wildman–Crippen LogP) is -1.09. The molecule has 0 saturated heterocycles. The van der Waals surface area contributed by atoms with Gasteiger partial charge in [0.05, 0.1) is 7.05 Å². The van der Waals surface area contributed by atoms with Gasteiger partial charge in [-0.2, -0.15) is 0 Å². The number of likely N-dealkylation sites (N-methyl/N-ethyl adjacent to an activating group) is 1. The van der Waals surface area contributed by atoms with Gasteiger partial charge in [0.25, 0.3) is 0 Å². The second-order valence-corrected chi connectivity index (χ2v) is 3.32. The molecule has 6 heteroatoms. The minimum atomic E-state index is -1.05. The van der Waals surface area contributed by atoms with Crippen molar-refractivity contribution >= 4 is 11.9 Å². The van der Waals surface area contributed by atoms with Gasteiger partial charge in [0.1, 0.15) is 6.17 Å². The van der Waals surface area contributed by atoms with Crippen LogP contribution in [-0.4, -0.2) is 52.9 Å². The van der Waals surface area contributed by atoms with Gasteiger partial charge in [0.15, 0.2) is 13.1 Å². The van der Waals surface area contributed by atoms with Crippen molar-refractivity contribution in [2.24, 2.45) is 5.73 Å². The Morgan fingerprint density at radius 3 is 1.77 bits per heavy atom. The highest BCUT2D eigenvalue weighted by Crippen LogP contribution is 2.05. The highest BCUT2D eigenvalue weighted by atomic mass is 16.4. The Bertz CT molecular complexity index is 199. The van der Waals surface area contributed by atoms with Crippen LogP contribution in [0.25, 0.3) is 0 Å². The minimum absolute atomic E-state index is 0.204. The van der Waals surface area contributed by atoms with Gasteiger partial charge in [-0.15, -0.1) is 0 Å². The Morgan fingerprint density at radius 1 is 1.31 bits per heavy atom. The number of hydrogen-bond donors (Lipinski definition) is 3. The third-order valence-corrected chi connectivity index (χ3v) is 1.98. The van der Waals surface area contributed by atoms with Gasteiger partial charge in [0.2, 0.25) is 0 Å². The van der Waals surface area contributed by atoms with Crippen LogP contribution in [0, 0.1) is 0 Å². The molecule has 0 aromatic heterocycles. The standard InChI is InChI=1S/C7H14N2O4/c1-5(8)9(2,3-6(10)11)4-7(12)13/h5H,3-4,8H2,1-2H3,(H-,10,11,12,13)/p+1. The summed E-state index contributed by atoms with van der Waals surface area (Å²) in [5.41, 5.74) is 5.51. The van der Waals surface area contributed by atoms with Crippen molar-refractivity contribution in [3.05, 3.63) is 0 Å². The van der Waals surface area contributed by atoms with Crippen LogP contribution in [0.2, 0.25) is 0 Å². The first-order valence-electron chi connectivity index (χ1n) is 3.81. The molecule has 0 fully saturated rings. The first kappa shape index (κ1) is 11.9. The van der Waals surface area contributed by atoms with Crippen LogP contribution >= 0.6 is 0 Å². The summed E-state index contributed by atoms with van der Waals surface area (Å²) in [5, 5.41) is 17.1. The second-order valence-electron chi connectivity index (χ2n) is 3.32. The molecular formula is C7H15N2O4+. The zero-order valence-electron chi connectivity index (χ0n) is 7.73. The van der Waals surface area contributed by atoms with Crippen molar-refractivity contribution < 1.29 is 24.3 Å². The monoisotopic (exact) mass is 191 g/mol. The van der Waals surface area contributed by atoms with Crippen molar-refractivity contribution in [2.75, 3.05) is 20.1 Å². The zero-order chi connectivity index (χ0) is 10.6. The summed E-state index contributed by atoms with van der Waals surface area (Å²) < 4.78 is -0.204. The summed E-state index contributed by atoms with van der Waals surface area (Å²) in [7, 11) is 1.51. The Morgan fingerprint density at radius 2 is 1.62 bits per heavy atom. The summed E-state index contributed by atoms with van der Waals surface area (Å²) in [4.78, 5) is 20.9. The zero-order valence-corrected chi connectivity index (χ0v) is 7.73. The molecule has 0 aromatic carbocycles. The fraction of sp³-hybridized carbons (Fsp3) is 0.714. The van der Waals surface area contributed by atoms with Crippen LogP contribution < -0.4 is 5.73 Å². The fourth-order valence-electron chi connectivity index (χ4n) is 0.962. The number of nitrogens with two attached hydrogens (primary N) is 1. The molecule has 4 N–H and O–H groups in total. The highest BCUT2D eigenvalue weighted by Gasteiger charge is 2.32. The van der Waals surface area contributed by atoms with E-state index < -0.39 is 18.1 Å². The molecular weight excluding hydrogens is 176 g/mol. The van der Waals surface area contributed by atoms with E-state index in [2.05, 4.69) is 0 Å². The molecule has 0 aliphatic carbocycles. The molecule has 6 nitrogen and oxygen atoms in total. The molecule has 0 spiro atoms. The van der Waals surface area contributed by atoms with Gasteiger partial charge < -0.3 is 10.2 Å². The van der Waals surface area contributed by atoms with Crippen LogP contribution in [0.15, 0.2) is 0 Å². The maximum absolute atomic E-state index is 10.4. The van der Waals surface area contributed by atoms with E-state index in [0.717, 1.165) is 0 Å². The summed E-state index contributed by atoms with van der Waals surface area (Å²) in [6.45, 7) is 1.01. The lowest BCUT2D eigenvalue weighted by Gasteiger charge is -2.34. The molecule has 0 aliphatic rings. The maximum Gasteiger partial charge on any atom is 0.359 e. The Balaban J connectivity index is 4.52. The van der Waals surface area contributed by atoms with Gasteiger partial charge in [0, 0.05) is 6.92 Å². The molecule has 0 rings (SSSR count). The first-order chi connectivity index (χ1) is 5.78. The maximum atomic E-state index is 10.4. The molecule has 13 heavy (non-hydrogen) atoms. The minimum Gasteiger partial charge on any atom is -0.477 e. The Hall–Kier alpha value is -1.14. The Kier molecular flexibility index (Phi) is 3.83. The number of rotatable bonds is 5. The molecule has 0 saturated carbocycles. The van der Waals surface area contributed by atoms with E-state index >= 15 is 0 Å². The molecule has 1 unspecified atom stereocenters. The molecule has 0 heterocycles. The number of nitrogens with zero attached hydrogens (tertiary/aromatic N) is 1. The van der Waals surface area contributed by atoms with Crippen molar-refractivity contribution in [2.45, 2.75) is 13.1 Å². The van der Waals surface area contributed by atoms with Crippen LogP contribution in [0.5, 0.6) is 0 Å². The summed E-state index contributed by atoms with van der Waals surface area (Å²) in [6, 6.07) is 0. The number of carbonyl (C=O) groups is 2. The highest BCUT2D eigenvalue weighted by molar-refractivity contribution is 5.70. The second kappa shape index (κ2) is 4.20. The SMILES string of the molecule is CC(N)[N+](C)(CC(=O)O)CC(=O)O. The number of carboxylic acid groups (broad SMARTS) is 2. The van der Waals surface area contributed by atoms with E-state index in [1.54, 1.807) is 6.92 Å². The average Bonchev–Trinajstić information content (AvgIpc) is 1.82. The predicted molar refractivity (Wildman–Crippen MR) is 44.8 cm³/mol. The summed E-state index contributed by atoms with van der Waals surface area (Å²) >= 11 is 0. The topological polar surface area (TPSA) is 101 Å². The van der Waals surface area contributed by atoms with Crippen molar-refractivity contribution in [1.82, 2.24) is 0 Å². The molecule has 0 radical (unpaired) electrons. The van der Waals surface area contributed by atoms with E-state index in [-0.39, 0.29) is 17.6 Å². The van der Waals surface area contributed by atoms with Gasteiger partial charge in [-0.1, -0.05) is 0 Å². The van der Waals surface area contributed by atoms with Gasteiger partial charge in [-0.05, 0) is 0 Å². The lowest BCUT2D eigenvalue weighted by Crippen LogP contribution is -2.59. The molecule has 0 aromatic rings. The third-order valence-electron chi connectivity index (χ3n) is 1.98. The first-order valence-corrected chi connectivity index (χ1v) is 3.81. The van der Waals surface area contributed by atoms with Gasteiger partial charge >= 0.3 is 11.9 Å². The smallest absolute Gasteiger partial charge is 0.359 e. The Labute approximate surface area is 76.2 Å². The van der Waals surface area contributed by atoms with Gasteiger partial charge in [-0.3, -0.25) is 10.2 Å². The van der Waals surface area contributed by atoms with E-state index in [9.17, 15) is 9.59 Å². The number of carboxylic acids is 2. The van der Waals surface area contributed by atoms with E-state index in [4.69, 9.17) is 15.9 Å². The molecule has 0 bridgehead atoms. The molecule has 0 amide bonds. The number of aliphatic carboxylic acids is 2. The molecule has 0 aliphatic heterocycles. The quantitative estimate of drug-likeness (QED) is 0.378. The average molecular weight is 191 g/mol.